The number of allylic oxidation sites excluding steroid dienone is 1. The lowest BCUT2D eigenvalue weighted by atomic mass is 10.5. The summed E-state index contributed by atoms with van der Waals surface area (Å²) in [5.74, 6) is -1.06. The fourth-order valence-corrected chi connectivity index (χ4v) is 0.379. The molecule has 0 atom stereocenters. The summed E-state index contributed by atoms with van der Waals surface area (Å²) in [6, 6.07) is 0. The van der Waals surface area contributed by atoms with Gasteiger partial charge in [-0.05, 0) is 6.08 Å². The zero-order chi connectivity index (χ0) is 17.3. The van der Waals surface area contributed by atoms with Gasteiger partial charge in [-0.15, -0.1) is 0 Å². The molecule has 0 saturated heterocycles. The molecule has 0 radical (unpaired) electrons. The zero-order valence-electron chi connectivity index (χ0n) is 12.3. The molecule has 0 aromatic heterocycles. The first-order chi connectivity index (χ1) is 9.82. The Hall–Kier alpha value is -2.89. The predicted octanol–water partition coefficient (Wildman–Crippen LogP) is 2.11. The minimum Gasteiger partial charge on any atom is -0.466 e. The van der Waals surface area contributed by atoms with Crippen LogP contribution in [0.15, 0.2) is 63.0 Å². The van der Waals surface area contributed by atoms with Crippen LogP contribution in [0.4, 0.5) is 0 Å². The van der Waals surface area contributed by atoms with Crippen LogP contribution in [0.1, 0.15) is 0 Å². The van der Waals surface area contributed by atoms with E-state index in [1.165, 1.54) is 20.3 Å². The first-order valence-electron chi connectivity index (χ1n) is 5.39. The van der Waals surface area contributed by atoms with E-state index in [4.69, 9.17) is 0 Å². The highest BCUT2D eigenvalue weighted by Crippen LogP contribution is 1.93. The molecule has 0 aromatic rings. The normalized spacial score (nSPS) is 7.14. The number of carbonyl (C=O) groups is 3. The van der Waals surface area contributed by atoms with Gasteiger partial charge in [-0.2, -0.15) is 0 Å². The first kappa shape index (κ1) is 23.2. The maximum Gasteiger partial charge on any atom is 0.335 e. The minimum absolute atomic E-state index is 0.236. The van der Waals surface area contributed by atoms with Gasteiger partial charge in [0.25, 0.3) is 0 Å². The maximum atomic E-state index is 10.3. The first-order valence-corrected chi connectivity index (χ1v) is 5.39. The van der Waals surface area contributed by atoms with Crippen LogP contribution in [0.2, 0.25) is 0 Å². The molecule has 0 bridgehead atoms. The molecule has 0 spiro atoms. The van der Waals surface area contributed by atoms with Crippen molar-refractivity contribution in [2.45, 2.75) is 0 Å². The second kappa shape index (κ2) is 17.1. The Morgan fingerprint density at radius 3 is 1.19 bits per heavy atom. The van der Waals surface area contributed by atoms with Gasteiger partial charge in [-0.25, -0.2) is 14.4 Å². The highest BCUT2D eigenvalue weighted by molar-refractivity contribution is 5.82. The molecule has 116 valence electrons. The summed E-state index contributed by atoms with van der Waals surface area (Å²) in [4.78, 5) is 30.0. The lowest BCUT2D eigenvalue weighted by molar-refractivity contribution is -0.135. The second-order valence-electron chi connectivity index (χ2n) is 2.75. The van der Waals surface area contributed by atoms with Crippen LogP contribution in [-0.2, 0) is 28.6 Å². The van der Waals surface area contributed by atoms with Crippen molar-refractivity contribution in [1.29, 1.82) is 0 Å². The van der Waals surface area contributed by atoms with Gasteiger partial charge in [0, 0.05) is 18.2 Å². The Morgan fingerprint density at radius 2 is 1.05 bits per heavy atom. The summed E-state index contributed by atoms with van der Waals surface area (Å²) in [6.45, 7) is 16.2. The molecule has 0 N–H and O–H groups in total. The van der Waals surface area contributed by atoms with E-state index in [0.717, 1.165) is 18.2 Å². The van der Waals surface area contributed by atoms with Crippen LogP contribution in [0.5, 0.6) is 0 Å². The molecule has 0 fully saturated rings. The van der Waals surface area contributed by atoms with Gasteiger partial charge in [-0.1, -0.05) is 32.9 Å². The van der Waals surface area contributed by atoms with E-state index in [1.54, 1.807) is 0 Å². The van der Waals surface area contributed by atoms with Crippen LogP contribution >= 0.6 is 0 Å². The molecular weight excluding hydrogens is 276 g/mol. The highest BCUT2D eigenvalue weighted by Gasteiger charge is 1.93. The molecule has 0 aliphatic carbocycles. The van der Waals surface area contributed by atoms with Crippen LogP contribution in [0.3, 0.4) is 0 Å². The lowest BCUT2D eigenvalue weighted by Gasteiger charge is -1.96. The van der Waals surface area contributed by atoms with Crippen molar-refractivity contribution in [3.63, 3.8) is 0 Å². The predicted molar refractivity (Wildman–Crippen MR) is 80.1 cm³/mol. The Kier molecular flexibility index (Phi) is 18.9. The molecule has 0 rings (SSSR count). The van der Waals surface area contributed by atoms with Gasteiger partial charge in [-0.3, -0.25) is 0 Å². The quantitative estimate of drug-likeness (QED) is 0.254. The van der Waals surface area contributed by atoms with Crippen LogP contribution in [0, 0.1) is 0 Å². The third-order valence-electron chi connectivity index (χ3n) is 1.36. The van der Waals surface area contributed by atoms with Crippen molar-refractivity contribution < 1.29 is 28.6 Å². The number of rotatable bonds is 5. The van der Waals surface area contributed by atoms with Crippen LogP contribution in [-0.4, -0.2) is 32.1 Å². The highest BCUT2D eigenvalue weighted by atomic mass is 16.5. The SMILES string of the molecule is C=CC(=C)OC(=O)C=C.C=CC(=O)OC.C=CC(=O)OC. The molecule has 0 aromatic carbocycles. The van der Waals surface area contributed by atoms with Gasteiger partial charge in [0.05, 0.1) is 14.2 Å². The number of methoxy groups -OCH3 is 2. The van der Waals surface area contributed by atoms with E-state index < -0.39 is 17.9 Å². The summed E-state index contributed by atoms with van der Waals surface area (Å²) in [6.07, 6.45) is 4.64. The lowest BCUT2D eigenvalue weighted by Crippen LogP contribution is -1.96. The van der Waals surface area contributed by atoms with Gasteiger partial charge >= 0.3 is 17.9 Å². The van der Waals surface area contributed by atoms with E-state index in [9.17, 15) is 14.4 Å². The fraction of sp³-hybridized carbons (Fsp3) is 0.133. The van der Waals surface area contributed by atoms with Crippen molar-refractivity contribution in [3.8, 4) is 0 Å². The molecule has 0 saturated carbocycles. The topological polar surface area (TPSA) is 78.9 Å². The Labute approximate surface area is 124 Å². The molecule has 21 heavy (non-hydrogen) atoms. The second-order valence-corrected chi connectivity index (χ2v) is 2.75. The Bertz CT molecular complexity index is 368. The van der Waals surface area contributed by atoms with Gasteiger partial charge in [0.2, 0.25) is 0 Å². The molecule has 0 unspecified atom stereocenters. The molecular formula is C15H20O6. The largest absolute Gasteiger partial charge is 0.466 e. The number of hydrogen-bond acceptors (Lipinski definition) is 6. The summed E-state index contributed by atoms with van der Waals surface area (Å²) < 4.78 is 12.8. The smallest absolute Gasteiger partial charge is 0.335 e. The molecule has 6 heteroatoms. The fourth-order valence-electron chi connectivity index (χ4n) is 0.379. The van der Waals surface area contributed by atoms with E-state index in [2.05, 4.69) is 47.1 Å². The van der Waals surface area contributed by atoms with E-state index >= 15 is 0 Å². The van der Waals surface area contributed by atoms with Crippen LogP contribution < -0.4 is 0 Å². The van der Waals surface area contributed by atoms with E-state index in [0.29, 0.717) is 0 Å². The van der Waals surface area contributed by atoms with Crippen molar-refractivity contribution >= 4 is 17.9 Å². The molecule has 0 aliphatic rings. The van der Waals surface area contributed by atoms with Crippen molar-refractivity contribution in [2.24, 2.45) is 0 Å². The van der Waals surface area contributed by atoms with Gasteiger partial charge in [0.1, 0.15) is 5.76 Å². The van der Waals surface area contributed by atoms with E-state index in [1.807, 2.05) is 0 Å². The van der Waals surface area contributed by atoms with Crippen molar-refractivity contribution in [3.05, 3.63) is 63.0 Å². The third kappa shape index (κ3) is 22.7. The molecule has 0 aliphatic heterocycles. The van der Waals surface area contributed by atoms with Gasteiger partial charge in [0.15, 0.2) is 0 Å². The third-order valence-corrected chi connectivity index (χ3v) is 1.36. The van der Waals surface area contributed by atoms with Gasteiger partial charge < -0.3 is 14.2 Å². The van der Waals surface area contributed by atoms with Crippen LogP contribution in [0.25, 0.3) is 0 Å². The molecule has 0 amide bonds. The number of esters is 3. The summed E-state index contributed by atoms with van der Waals surface area (Å²) in [5.41, 5.74) is 0. The Balaban J connectivity index is -0.000000240. The monoisotopic (exact) mass is 296 g/mol. The maximum absolute atomic E-state index is 10.3. The number of carbonyl (C=O) groups excluding carboxylic acids is 3. The number of hydrogen-bond donors (Lipinski definition) is 0. The minimum atomic E-state index is -0.514. The summed E-state index contributed by atoms with van der Waals surface area (Å²) >= 11 is 0. The zero-order valence-corrected chi connectivity index (χ0v) is 12.3. The summed E-state index contributed by atoms with van der Waals surface area (Å²) in [7, 11) is 2.62. The Morgan fingerprint density at radius 1 is 0.714 bits per heavy atom. The van der Waals surface area contributed by atoms with E-state index in [-0.39, 0.29) is 5.76 Å². The standard InChI is InChI=1S/C7H8O2.2C4H6O2/c1-4-6(3)9-7(8)5-2;2*1-3-4(5)6-2/h4-5H,1-3H2;2*3H,1H2,2H3. The summed E-state index contributed by atoms with van der Waals surface area (Å²) in [5, 5.41) is 0. The average Bonchev–Trinajstić information content (AvgIpc) is 2.53. The van der Waals surface area contributed by atoms with Crippen molar-refractivity contribution in [1.82, 2.24) is 0 Å². The number of ether oxygens (including phenoxy) is 3. The molecule has 0 heterocycles. The molecule has 6 nitrogen and oxygen atoms in total. The van der Waals surface area contributed by atoms with Crippen molar-refractivity contribution in [2.75, 3.05) is 14.2 Å². The average molecular weight is 296 g/mol.